The maximum atomic E-state index is 4.27. The predicted octanol–water partition coefficient (Wildman–Crippen LogP) is 3.19. The highest BCUT2D eigenvalue weighted by Crippen LogP contribution is 2.04. The van der Waals surface area contributed by atoms with E-state index < -0.39 is 0 Å². The zero-order valence-corrected chi connectivity index (χ0v) is 15.1. The number of nitrogens with zero attached hydrogens (tertiary/aromatic N) is 2. The van der Waals surface area contributed by atoms with Gasteiger partial charge >= 0.3 is 0 Å². The molecule has 1 aromatic heterocycles. The number of rotatable bonds is 7. The summed E-state index contributed by atoms with van der Waals surface area (Å²) in [4.78, 5) is 8.47. The van der Waals surface area contributed by atoms with Crippen molar-refractivity contribution >= 4 is 29.9 Å². The molecule has 0 aliphatic heterocycles. The van der Waals surface area contributed by atoms with Crippen LogP contribution in [0.4, 0.5) is 0 Å². The molecule has 114 valence electrons. The van der Waals surface area contributed by atoms with E-state index in [1.54, 1.807) is 13.2 Å². The summed E-state index contributed by atoms with van der Waals surface area (Å²) in [6.07, 6.45) is 5.55. The largest absolute Gasteiger partial charge is 0.356 e. The van der Waals surface area contributed by atoms with E-state index >= 15 is 0 Å². The van der Waals surface area contributed by atoms with E-state index in [0.717, 1.165) is 24.1 Å². The molecule has 0 saturated carbocycles. The molecule has 2 N–H and O–H groups in total. The van der Waals surface area contributed by atoms with Gasteiger partial charge in [0.2, 0.25) is 0 Å². The number of hydrogen-bond donors (Lipinski definition) is 2. The number of aliphatic imine (C=N–C) groups is 1. The lowest BCUT2D eigenvalue weighted by Crippen LogP contribution is -2.37. The van der Waals surface area contributed by atoms with Crippen LogP contribution in [0, 0.1) is 5.92 Å². The zero-order chi connectivity index (χ0) is 13.9. The molecular formula is C15H27IN4. The monoisotopic (exact) mass is 390 g/mol. The van der Waals surface area contributed by atoms with E-state index in [1.807, 2.05) is 18.2 Å². The van der Waals surface area contributed by atoms with Crippen molar-refractivity contribution in [2.45, 2.75) is 39.7 Å². The Balaban J connectivity index is 0.00000361. The number of aromatic nitrogens is 1. The van der Waals surface area contributed by atoms with Gasteiger partial charge in [-0.3, -0.25) is 9.98 Å². The molecule has 4 nitrogen and oxygen atoms in total. The third-order valence-corrected chi connectivity index (χ3v) is 2.89. The van der Waals surface area contributed by atoms with Crippen LogP contribution in [0.3, 0.4) is 0 Å². The second-order valence-electron chi connectivity index (χ2n) is 5.06. The lowest BCUT2D eigenvalue weighted by atomic mass is 10.1. The second-order valence-corrected chi connectivity index (χ2v) is 5.06. The summed E-state index contributed by atoms with van der Waals surface area (Å²) in [5.74, 6) is 1.64. The van der Waals surface area contributed by atoms with Crippen molar-refractivity contribution in [3.8, 4) is 0 Å². The first-order valence-electron chi connectivity index (χ1n) is 7.06. The third-order valence-electron chi connectivity index (χ3n) is 2.89. The third kappa shape index (κ3) is 9.12. The Morgan fingerprint density at radius 3 is 2.65 bits per heavy atom. The van der Waals surface area contributed by atoms with E-state index in [-0.39, 0.29) is 24.0 Å². The zero-order valence-electron chi connectivity index (χ0n) is 12.7. The Kier molecular flexibility index (Phi) is 11.4. The number of hydrogen-bond acceptors (Lipinski definition) is 2. The number of halogens is 1. The summed E-state index contributed by atoms with van der Waals surface area (Å²) in [5.41, 5.74) is 1.02. The van der Waals surface area contributed by atoms with Crippen LogP contribution in [0.15, 0.2) is 29.4 Å². The van der Waals surface area contributed by atoms with E-state index in [0.29, 0.717) is 6.54 Å². The van der Waals surface area contributed by atoms with Crippen LogP contribution >= 0.6 is 24.0 Å². The number of guanidine groups is 1. The first-order chi connectivity index (χ1) is 9.22. The van der Waals surface area contributed by atoms with Crippen LogP contribution in [-0.2, 0) is 6.54 Å². The molecule has 5 heteroatoms. The van der Waals surface area contributed by atoms with Crippen molar-refractivity contribution in [1.29, 1.82) is 0 Å². The van der Waals surface area contributed by atoms with Crippen LogP contribution < -0.4 is 10.6 Å². The highest BCUT2D eigenvalue weighted by Gasteiger charge is 1.99. The topological polar surface area (TPSA) is 49.3 Å². The molecule has 0 aliphatic rings. The maximum Gasteiger partial charge on any atom is 0.191 e. The van der Waals surface area contributed by atoms with Gasteiger partial charge in [-0.2, -0.15) is 0 Å². The molecule has 0 spiro atoms. The van der Waals surface area contributed by atoms with Crippen molar-refractivity contribution in [3.05, 3.63) is 30.1 Å². The number of nitrogens with one attached hydrogen (secondary N) is 2. The van der Waals surface area contributed by atoms with Gasteiger partial charge in [0.25, 0.3) is 0 Å². The van der Waals surface area contributed by atoms with Crippen molar-refractivity contribution < 1.29 is 0 Å². The van der Waals surface area contributed by atoms with Crippen LogP contribution in [-0.4, -0.2) is 24.5 Å². The second kappa shape index (κ2) is 11.9. The van der Waals surface area contributed by atoms with Gasteiger partial charge in [0.15, 0.2) is 5.96 Å². The molecule has 0 unspecified atom stereocenters. The average Bonchev–Trinajstić information content (AvgIpc) is 2.42. The fraction of sp³-hybridized carbons (Fsp3) is 0.600. The smallest absolute Gasteiger partial charge is 0.191 e. The van der Waals surface area contributed by atoms with Gasteiger partial charge in [0.1, 0.15) is 0 Å². The fourth-order valence-electron chi connectivity index (χ4n) is 1.78. The molecule has 0 radical (unpaired) electrons. The standard InChI is InChI=1S/C15H26N4.HI/c1-13(2)8-4-6-11-18-15(16-3)19-12-14-9-5-7-10-17-14;/h5,7,9-10,13H,4,6,8,11-12H2,1-3H3,(H2,16,18,19);1H. The fourth-order valence-corrected chi connectivity index (χ4v) is 1.78. The summed E-state index contributed by atoms with van der Waals surface area (Å²) in [7, 11) is 1.79. The molecule has 0 amide bonds. The van der Waals surface area contributed by atoms with Gasteiger partial charge < -0.3 is 10.6 Å². The molecule has 1 rings (SSSR count). The summed E-state index contributed by atoms with van der Waals surface area (Å²) < 4.78 is 0. The van der Waals surface area contributed by atoms with Crippen LogP contribution in [0.25, 0.3) is 0 Å². The average molecular weight is 390 g/mol. The summed E-state index contributed by atoms with van der Waals surface area (Å²) >= 11 is 0. The SMILES string of the molecule is CN=C(NCCCCC(C)C)NCc1ccccn1.I. The molecule has 0 aromatic carbocycles. The molecule has 0 aliphatic carbocycles. The molecule has 0 atom stereocenters. The quantitative estimate of drug-likeness (QED) is 0.325. The van der Waals surface area contributed by atoms with Gasteiger partial charge in [-0.05, 0) is 24.5 Å². The normalized spacial score (nSPS) is 11.1. The Hall–Kier alpha value is -0.850. The van der Waals surface area contributed by atoms with Crippen LogP contribution in [0.1, 0.15) is 38.8 Å². The molecule has 0 bridgehead atoms. The van der Waals surface area contributed by atoms with Gasteiger partial charge in [-0.1, -0.05) is 32.8 Å². The Morgan fingerprint density at radius 2 is 2.05 bits per heavy atom. The Morgan fingerprint density at radius 1 is 1.25 bits per heavy atom. The molecule has 1 aromatic rings. The summed E-state index contributed by atoms with van der Waals surface area (Å²) in [6, 6.07) is 5.92. The number of pyridine rings is 1. The van der Waals surface area contributed by atoms with E-state index in [1.165, 1.54) is 19.3 Å². The van der Waals surface area contributed by atoms with Gasteiger partial charge in [0.05, 0.1) is 12.2 Å². The van der Waals surface area contributed by atoms with E-state index in [2.05, 4.69) is 34.5 Å². The lowest BCUT2D eigenvalue weighted by Gasteiger charge is -2.11. The first kappa shape index (κ1) is 19.1. The van der Waals surface area contributed by atoms with E-state index in [9.17, 15) is 0 Å². The molecule has 0 fully saturated rings. The lowest BCUT2D eigenvalue weighted by molar-refractivity contribution is 0.534. The van der Waals surface area contributed by atoms with Crippen LogP contribution in [0.2, 0.25) is 0 Å². The minimum atomic E-state index is 0. The first-order valence-corrected chi connectivity index (χ1v) is 7.06. The highest BCUT2D eigenvalue weighted by atomic mass is 127. The highest BCUT2D eigenvalue weighted by molar-refractivity contribution is 14.0. The minimum Gasteiger partial charge on any atom is -0.356 e. The molecule has 20 heavy (non-hydrogen) atoms. The van der Waals surface area contributed by atoms with Gasteiger partial charge in [0, 0.05) is 19.8 Å². The molecular weight excluding hydrogens is 363 g/mol. The van der Waals surface area contributed by atoms with Crippen molar-refractivity contribution in [1.82, 2.24) is 15.6 Å². The Labute approximate surface area is 139 Å². The minimum absolute atomic E-state index is 0. The van der Waals surface area contributed by atoms with Crippen molar-refractivity contribution in [3.63, 3.8) is 0 Å². The van der Waals surface area contributed by atoms with Crippen LogP contribution in [0.5, 0.6) is 0 Å². The van der Waals surface area contributed by atoms with Gasteiger partial charge in [-0.25, -0.2) is 0 Å². The predicted molar refractivity (Wildman–Crippen MR) is 96.5 cm³/mol. The number of unbranched alkanes of at least 4 members (excludes halogenated alkanes) is 1. The van der Waals surface area contributed by atoms with E-state index in [4.69, 9.17) is 0 Å². The van der Waals surface area contributed by atoms with Gasteiger partial charge in [-0.15, -0.1) is 24.0 Å². The summed E-state index contributed by atoms with van der Waals surface area (Å²) in [5, 5.41) is 6.59. The summed E-state index contributed by atoms with van der Waals surface area (Å²) in [6.45, 7) is 6.20. The molecule has 0 saturated heterocycles. The van der Waals surface area contributed by atoms with Crippen molar-refractivity contribution in [2.75, 3.05) is 13.6 Å². The maximum absolute atomic E-state index is 4.27. The molecule has 1 heterocycles. The Bertz CT molecular complexity index is 365. The van der Waals surface area contributed by atoms with Crippen molar-refractivity contribution in [2.24, 2.45) is 10.9 Å².